The molecule has 0 radical (unpaired) electrons. The first-order valence-electron chi connectivity index (χ1n) is 25.2. The summed E-state index contributed by atoms with van der Waals surface area (Å²) in [6.07, 6.45) is 0. The van der Waals surface area contributed by atoms with Crippen LogP contribution < -0.4 is 36.0 Å². The van der Waals surface area contributed by atoms with Crippen molar-refractivity contribution in [2.24, 2.45) is 0 Å². The summed E-state index contributed by atoms with van der Waals surface area (Å²) in [6, 6.07) is 100. The predicted octanol–water partition coefficient (Wildman–Crippen LogP) is 13.7. The Morgan fingerprint density at radius 1 is 0.306 bits per heavy atom. The Balaban J connectivity index is 0.893. The molecule has 4 heteroatoms. The predicted molar refractivity (Wildman–Crippen MR) is 311 cm³/mol. The van der Waals surface area contributed by atoms with Crippen molar-refractivity contribution in [3.8, 4) is 50.2 Å². The third-order valence-electron chi connectivity index (χ3n) is 15.9. The monoisotopic (exact) mass is 950 g/mol. The van der Waals surface area contributed by atoms with Gasteiger partial charge < -0.3 is 9.47 Å². The minimum Gasteiger partial charge on any atom is -0.311 e. The smallest absolute Gasteiger partial charge is 0.180 e. The first-order chi connectivity index (χ1) is 35.5. The Kier molecular flexibility index (Phi) is 9.72. The van der Waals surface area contributed by atoms with Crippen molar-refractivity contribution < 1.29 is 0 Å². The fourth-order valence-electron chi connectivity index (χ4n) is 12.5. The third kappa shape index (κ3) is 6.39. The summed E-state index contributed by atoms with van der Waals surface area (Å²) in [5.74, 6) is 0. The second kappa shape index (κ2) is 16.5. The number of benzene rings is 11. The molecule has 0 aliphatic carbocycles. The van der Waals surface area contributed by atoms with E-state index in [0.717, 1.165) is 17.1 Å². The van der Waals surface area contributed by atoms with Crippen LogP contribution in [0.15, 0.2) is 267 Å². The fourth-order valence-corrected chi connectivity index (χ4v) is 20.8. The topological polar surface area (TPSA) is 8.17 Å². The molecule has 0 atom stereocenters. The van der Waals surface area contributed by atoms with E-state index >= 15 is 0 Å². The second-order valence-corrected chi connectivity index (χ2v) is 28.1. The van der Waals surface area contributed by atoms with Crippen LogP contribution in [0.3, 0.4) is 0 Å². The average Bonchev–Trinajstić information content (AvgIpc) is 4.02. The van der Waals surface area contributed by atoms with Gasteiger partial charge >= 0.3 is 0 Å². The van der Waals surface area contributed by atoms with Crippen molar-refractivity contribution >= 4 is 86.1 Å². The van der Waals surface area contributed by atoms with Gasteiger partial charge in [0.05, 0.1) is 11.0 Å². The second-order valence-electron chi connectivity index (χ2n) is 20.0. The molecule has 14 rings (SSSR count). The van der Waals surface area contributed by atoms with Crippen LogP contribution in [0, 0.1) is 0 Å². The van der Waals surface area contributed by atoms with Crippen molar-refractivity contribution in [1.82, 2.24) is 4.57 Å². The zero-order valence-electron chi connectivity index (χ0n) is 40.3. The minimum absolute atomic E-state index is 1.11. The van der Waals surface area contributed by atoms with E-state index < -0.39 is 16.1 Å². The molecule has 0 N–H and O–H groups in total. The van der Waals surface area contributed by atoms with Crippen LogP contribution in [0.5, 0.6) is 0 Å². The number of nitrogens with zero attached hydrogens (tertiary/aromatic N) is 2. The van der Waals surface area contributed by atoms with E-state index in [1.807, 2.05) is 0 Å². The van der Waals surface area contributed by atoms with Gasteiger partial charge in [0.25, 0.3) is 0 Å². The highest BCUT2D eigenvalue weighted by Gasteiger charge is 2.49. The van der Waals surface area contributed by atoms with Crippen molar-refractivity contribution in [2.45, 2.75) is 13.1 Å². The lowest BCUT2D eigenvalue weighted by Crippen LogP contribution is -2.72. The van der Waals surface area contributed by atoms with Crippen LogP contribution in [0.2, 0.25) is 13.1 Å². The first kappa shape index (κ1) is 42.3. The van der Waals surface area contributed by atoms with Crippen LogP contribution in [-0.4, -0.2) is 20.7 Å². The zero-order valence-corrected chi connectivity index (χ0v) is 42.3. The lowest BCUT2D eigenvalue weighted by atomic mass is 10.0. The molecule has 0 unspecified atom stereocenters. The van der Waals surface area contributed by atoms with E-state index in [-0.39, 0.29) is 0 Å². The Morgan fingerprint density at radius 2 is 0.778 bits per heavy atom. The summed E-state index contributed by atoms with van der Waals surface area (Å²) < 4.78 is 2.48. The van der Waals surface area contributed by atoms with Crippen molar-refractivity contribution in [1.29, 1.82) is 0 Å². The fraction of sp³-hybridized carbons (Fsp3) is 0.0294. The summed E-state index contributed by atoms with van der Waals surface area (Å²) in [5.41, 5.74) is 17.3. The van der Waals surface area contributed by atoms with Crippen molar-refractivity contribution in [2.75, 3.05) is 4.90 Å². The SMILES string of the molecule is C[Si]1(C)c2ccccc2-c2ccc(-n3c4ccccc4c4cc(-c5ccc(N(c6ccc(-c7ccccc7)cc6)c6ccc7c(c6)[Si](c6ccccc6)(c6ccccc6)c6ccccc6-7)cc5)ccc43)cc21. The summed E-state index contributed by atoms with van der Waals surface area (Å²) in [6.45, 7) is 5.00. The standard InChI is InChI=1S/C68H50N2Si2/c1-71(2)65-28-16-13-25-58(65)60-41-40-54(45-67(60)71)70-63-27-15-12-24-57(63)62-44-50(34-43-64(62)70)49-32-37-52(38-33-49)69(51-35-30-48(31-36-51)47-18-6-3-7-19-47)53-39-42-61-59-26-14-17-29-66(59)72(68(61)46-53,55-20-8-4-9-21-55)56-22-10-5-11-23-56/h3-46H,1-2H3. The van der Waals surface area contributed by atoms with Crippen molar-refractivity contribution in [3.05, 3.63) is 267 Å². The van der Waals surface area contributed by atoms with E-state index in [2.05, 4.69) is 289 Å². The lowest BCUT2D eigenvalue weighted by molar-refractivity contribution is 1.18. The van der Waals surface area contributed by atoms with Gasteiger partial charge in [-0.2, -0.15) is 0 Å². The number of hydrogen-bond acceptors (Lipinski definition) is 1. The molecule has 0 fully saturated rings. The molecule has 2 aliphatic rings. The highest BCUT2D eigenvalue weighted by atomic mass is 28.3. The number of rotatable bonds is 8. The molecule has 0 bridgehead atoms. The summed E-state index contributed by atoms with van der Waals surface area (Å²) >= 11 is 0. The van der Waals surface area contributed by atoms with Crippen LogP contribution in [-0.2, 0) is 0 Å². The normalized spacial score (nSPS) is 13.6. The Hall–Kier alpha value is -8.55. The van der Waals surface area contributed by atoms with Crippen LogP contribution in [0.4, 0.5) is 17.1 Å². The maximum absolute atomic E-state index is 2.72. The van der Waals surface area contributed by atoms with Gasteiger partial charge in [-0.3, -0.25) is 0 Å². The molecule has 0 saturated carbocycles. The van der Waals surface area contributed by atoms with E-state index in [0.29, 0.717) is 0 Å². The van der Waals surface area contributed by atoms with Crippen LogP contribution in [0.1, 0.15) is 0 Å². The van der Waals surface area contributed by atoms with Gasteiger partial charge in [0, 0.05) is 33.5 Å². The molecule has 0 spiro atoms. The molecule has 11 aromatic carbocycles. The Morgan fingerprint density at radius 3 is 1.46 bits per heavy atom. The zero-order chi connectivity index (χ0) is 48.0. The molecule has 2 aliphatic heterocycles. The lowest BCUT2D eigenvalue weighted by Gasteiger charge is -2.32. The van der Waals surface area contributed by atoms with E-state index in [9.17, 15) is 0 Å². The van der Waals surface area contributed by atoms with Crippen LogP contribution in [0.25, 0.3) is 72.0 Å². The molecule has 0 amide bonds. The third-order valence-corrected chi connectivity index (χ3v) is 24.3. The molecule has 2 nitrogen and oxygen atoms in total. The number of para-hydroxylation sites is 1. The molecule has 1 aromatic heterocycles. The molecular weight excluding hydrogens is 901 g/mol. The number of hydrogen-bond donors (Lipinski definition) is 0. The summed E-state index contributed by atoms with van der Waals surface area (Å²) in [5, 5.41) is 11.2. The average molecular weight is 951 g/mol. The molecular formula is C68H50N2Si2. The number of fused-ring (bicyclic) bond motifs is 9. The highest BCUT2D eigenvalue weighted by molar-refractivity contribution is 7.22. The van der Waals surface area contributed by atoms with Gasteiger partial charge in [0.2, 0.25) is 0 Å². The molecule has 0 saturated heterocycles. The van der Waals surface area contributed by atoms with Gasteiger partial charge in [-0.25, -0.2) is 0 Å². The Bertz CT molecular complexity index is 4010. The summed E-state index contributed by atoms with van der Waals surface area (Å²) in [7, 11) is -4.58. The molecule has 12 aromatic rings. The van der Waals surface area contributed by atoms with E-state index in [4.69, 9.17) is 0 Å². The maximum atomic E-state index is 2.52. The van der Waals surface area contributed by atoms with E-state index in [1.165, 1.54) is 103 Å². The maximum Gasteiger partial charge on any atom is 0.180 e. The van der Waals surface area contributed by atoms with Gasteiger partial charge in [-0.15, -0.1) is 0 Å². The van der Waals surface area contributed by atoms with Gasteiger partial charge in [0.1, 0.15) is 8.07 Å². The molecule has 72 heavy (non-hydrogen) atoms. The van der Waals surface area contributed by atoms with Crippen LogP contribution >= 0.6 is 0 Å². The minimum atomic E-state index is -2.72. The summed E-state index contributed by atoms with van der Waals surface area (Å²) in [4.78, 5) is 2.45. The number of aromatic nitrogens is 1. The van der Waals surface area contributed by atoms with Crippen molar-refractivity contribution in [3.63, 3.8) is 0 Å². The first-order valence-corrected chi connectivity index (χ1v) is 30.2. The van der Waals surface area contributed by atoms with Gasteiger partial charge in [-0.05, 0) is 142 Å². The quantitative estimate of drug-likeness (QED) is 0.138. The molecule has 340 valence electrons. The van der Waals surface area contributed by atoms with E-state index in [1.54, 1.807) is 0 Å². The molecule has 3 heterocycles. The number of anilines is 3. The Labute approximate surface area is 423 Å². The van der Waals surface area contributed by atoms with Gasteiger partial charge in [0.15, 0.2) is 8.07 Å². The van der Waals surface area contributed by atoms with Gasteiger partial charge in [-0.1, -0.05) is 213 Å². The highest BCUT2D eigenvalue weighted by Crippen LogP contribution is 2.41. The largest absolute Gasteiger partial charge is 0.311 e.